The van der Waals surface area contributed by atoms with E-state index in [4.69, 9.17) is 0 Å². The molecule has 3 atom stereocenters. The SMILES string of the molecule is Cc1ncnc(C)c1C(=O)N1CCC(C)(N2CCN(C3(c4ccc(C(F)(F)F)cc4)CC3c3cccc(F)c3)[C@@H](C)C2)CC1. The number of aryl methyl sites for hydroxylation is 2. The van der Waals surface area contributed by atoms with E-state index < -0.39 is 17.3 Å². The number of likely N-dealkylation sites (tertiary alicyclic amines) is 1. The summed E-state index contributed by atoms with van der Waals surface area (Å²) >= 11 is 0. The van der Waals surface area contributed by atoms with Crippen LogP contribution < -0.4 is 0 Å². The number of rotatable bonds is 5. The highest BCUT2D eigenvalue weighted by Gasteiger charge is 2.61. The molecule has 0 radical (unpaired) electrons. The van der Waals surface area contributed by atoms with E-state index in [1.54, 1.807) is 24.3 Å². The average molecular weight is 610 g/mol. The summed E-state index contributed by atoms with van der Waals surface area (Å²) in [5.41, 5.74) is 2.45. The third-order valence-corrected chi connectivity index (χ3v) is 10.4. The van der Waals surface area contributed by atoms with Gasteiger partial charge < -0.3 is 4.90 Å². The predicted molar refractivity (Wildman–Crippen MR) is 160 cm³/mol. The van der Waals surface area contributed by atoms with E-state index in [1.807, 2.05) is 24.8 Å². The maximum absolute atomic E-state index is 14.2. The van der Waals surface area contributed by atoms with Crippen LogP contribution in [-0.4, -0.2) is 74.9 Å². The summed E-state index contributed by atoms with van der Waals surface area (Å²) in [7, 11) is 0. The molecule has 1 amide bonds. The third kappa shape index (κ3) is 5.40. The van der Waals surface area contributed by atoms with E-state index in [0.29, 0.717) is 30.0 Å². The van der Waals surface area contributed by atoms with Crippen LogP contribution in [0.3, 0.4) is 0 Å². The molecule has 1 saturated carbocycles. The lowest BCUT2D eigenvalue weighted by atomic mass is 9.85. The lowest BCUT2D eigenvalue weighted by Crippen LogP contribution is -2.63. The Morgan fingerprint density at radius 3 is 2.20 bits per heavy atom. The number of amides is 1. The summed E-state index contributed by atoms with van der Waals surface area (Å²) in [5, 5.41) is 0. The van der Waals surface area contributed by atoms with Crippen molar-refractivity contribution in [2.24, 2.45) is 0 Å². The Bertz CT molecular complexity index is 1520. The maximum Gasteiger partial charge on any atom is 0.416 e. The molecular formula is C34H39F4N5O. The molecule has 0 spiro atoms. The van der Waals surface area contributed by atoms with Crippen molar-refractivity contribution in [1.29, 1.82) is 0 Å². The molecular weight excluding hydrogens is 570 g/mol. The van der Waals surface area contributed by atoms with E-state index in [1.165, 1.54) is 24.5 Å². The molecule has 2 aliphatic heterocycles. The van der Waals surface area contributed by atoms with Crippen molar-refractivity contribution in [1.82, 2.24) is 24.7 Å². The van der Waals surface area contributed by atoms with Gasteiger partial charge in [-0.2, -0.15) is 13.2 Å². The van der Waals surface area contributed by atoms with Crippen LogP contribution in [0.5, 0.6) is 0 Å². The number of piperidine rings is 1. The summed E-state index contributed by atoms with van der Waals surface area (Å²) in [4.78, 5) is 28.7. The van der Waals surface area contributed by atoms with Gasteiger partial charge in [0.2, 0.25) is 0 Å². The molecule has 0 bridgehead atoms. The minimum Gasteiger partial charge on any atom is -0.338 e. The van der Waals surface area contributed by atoms with Crippen LogP contribution in [0.2, 0.25) is 0 Å². The van der Waals surface area contributed by atoms with Crippen LogP contribution in [-0.2, 0) is 11.7 Å². The number of hydrogen-bond donors (Lipinski definition) is 0. The largest absolute Gasteiger partial charge is 0.416 e. The summed E-state index contributed by atoms with van der Waals surface area (Å²) in [6.45, 7) is 11.8. The Hall–Kier alpha value is -3.37. The topological polar surface area (TPSA) is 52.6 Å². The third-order valence-electron chi connectivity index (χ3n) is 10.4. The highest BCUT2D eigenvalue weighted by atomic mass is 19.4. The van der Waals surface area contributed by atoms with E-state index in [-0.39, 0.29) is 29.2 Å². The molecule has 1 aliphatic carbocycles. The van der Waals surface area contributed by atoms with Gasteiger partial charge in [-0.3, -0.25) is 14.6 Å². The van der Waals surface area contributed by atoms with Crippen LogP contribution in [0.1, 0.15) is 77.5 Å². The van der Waals surface area contributed by atoms with Gasteiger partial charge in [-0.15, -0.1) is 0 Å². The van der Waals surface area contributed by atoms with E-state index in [2.05, 4.69) is 33.6 Å². The standard InChI is InChI=1S/C34H39F4N5O/c1-22-20-42(32(4)12-14-41(15-13-32)31(44)30-23(2)39-21-40-24(30)3)16-17-43(22)33(19-29(33)25-6-5-7-28(35)18-25)26-8-10-27(11-9-26)34(36,37)38/h5-11,18,21-22,29H,12-17,19-20H2,1-4H3/t22-,29?,33?/m0/s1. The Kier molecular flexibility index (Phi) is 7.81. The molecule has 6 rings (SSSR count). The number of hydrogen-bond acceptors (Lipinski definition) is 5. The number of carbonyl (C=O) groups excluding carboxylic acids is 1. The smallest absolute Gasteiger partial charge is 0.338 e. The first kappa shape index (κ1) is 30.6. The van der Waals surface area contributed by atoms with Crippen LogP contribution in [0.4, 0.5) is 17.6 Å². The number of alkyl halides is 3. The zero-order valence-corrected chi connectivity index (χ0v) is 25.7. The van der Waals surface area contributed by atoms with Crippen LogP contribution in [0, 0.1) is 19.7 Å². The Morgan fingerprint density at radius 1 is 0.955 bits per heavy atom. The number of carbonyl (C=O) groups is 1. The van der Waals surface area contributed by atoms with Crippen molar-refractivity contribution in [3.63, 3.8) is 0 Å². The monoisotopic (exact) mass is 609 g/mol. The first-order chi connectivity index (χ1) is 20.8. The van der Waals surface area contributed by atoms with Gasteiger partial charge in [-0.1, -0.05) is 24.3 Å². The van der Waals surface area contributed by atoms with Crippen molar-refractivity contribution >= 4 is 5.91 Å². The fraction of sp³-hybridized carbons (Fsp3) is 0.500. The molecule has 2 unspecified atom stereocenters. The van der Waals surface area contributed by atoms with E-state index in [0.717, 1.165) is 50.0 Å². The minimum atomic E-state index is -4.40. The quantitative estimate of drug-likeness (QED) is 0.317. The van der Waals surface area contributed by atoms with Crippen LogP contribution in [0.15, 0.2) is 54.9 Å². The van der Waals surface area contributed by atoms with Gasteiger partial charge in [0.25, 0.3) is 5.91 Å². The van der Waals surface area contributed by atoms with Crippen molar-refractivity contribution in [2.45, 2.75) is 76.2 Å². The number of benzene rings is 2. The van der Waals surface area contributed by atoms with Crippen molar-refractivity contribution in [3.8, 4) is 0 Å². The van der Waals surface area contributed by atoms with Crippen molar-refractivity contribution in [3.05, 3.63) is 94.3 Å². The molecule has 3 heterocycles. The maximum atomic E-state index is 14.2. The highest BCUT2D eigenvalue weighted by Crippen LogP contribution is 2.63. The summed E-state index contributed by atoms with van der Waals surface area (Å²) in [6.07, 6.45) is -0.513. The Morgan fingerprint density at radius 2 is 1.61 bits per heavy atom. The highest BCUT2D eigenvalue weighted by molar-refractivity contribution is 5.96. The second kappa shape index (κ2) is 11.2. The summed E-state index contributed by atoms with van der Waals surface area (Å²) in [6, 6.07) is 12.3. The molecule has 2 saturated heterocycles. The fourth-order valence-electron chi connectivity index (χ4n) is 7.73. The molecule has 6 nitrogen and oxygen atoms in total. The van der Waals surface area contributed by atoms with Crippen molar-refractivity contribution in [2.75, 3.05) is 32.7 Å². The van der Waals surface area contributed by atoms with Gasteiger partial charge >= 0.3 is 6.18 Å². The van der Waals surface area contributed by atoms with E-state index in [9.17, 15) is 22.4 Å². The van der Waals surface area contributed by atoms with E-state index >= 15 is 0 Å². The first-order valence-corrected chi connectivity index (χ1v) is 15.4. The number of aromatic nitrogens is 2. The molecule has 234 valence electrons. The molecule has 10 heteroatoms. The first-order valence-electron chi connectivity index (χ1n) is 15.4. The van der Waals surface area contributed by atoms with Gasteiger partial charge in [0.05, 0.1) is 28.1 Å². The number of piperazine rings is 1. The zero-order valence-electron chi connectivity index (χ0n) is 25.7. The molecule has 3 fully saturated rings. The zero-order chi connectivity index (χ0) is 31.4. The van der Waals surface area contributed by atoms with Gasteiger partial charge in [0.15, 0.2) is 0 Å². The molecule has 2 aromatic carbocycles. The van der Waals surface area contributed by atoms with Gasteiger partial charge in [-0.05, 0) is 82.3 Å². The van der Waals surface area contributed by atoms with Crippen LogP contribution >= 0.6 is 0 Å². The molecule has 1 aromatic heterocycles. The molecule has 44 heavy (non-hydrogen) atoms. The lowest BCUT2D eigenvalue weighted by Gasteiger charge is -2.53. The minimum absolute atomic E-state index is 0.0114. The normalized spacial score (nSPS) is 26.0. The van der Waals surface area contributed by atoms with Crippen LogP contribution in [0.25, 0.3) is 0 Å². The average Bonchev–Trinajstić information content (AvgIpc) is 3.74. The summed E-state index contributed by atoms with van der Waals surface area (Å²) in [5.74, 6) is -0.337. The fourth-order valence-corrected chi connectivity index (χ4v) is 7.73. The van der Waals surface area contributed by atoms with Gasteiger partial charge in [0.1, 0.15) is 12.1 Å². The summed E-state index contributed by atoms with van der Waals surface area (Å²) < 4.78 is 54.4. The predicted octanol–water partition coefficient (Wildman–Crippen LogP) is 6.34. The number of halogens is 4. The second-order valence-corrected chi connectivity index (χ2v) is 13.0. The van der Waals surface area contributed by atoms with Gasteiger partial charge in [0, 0.05) is 50.2 Å². The molecule has 0 N–H and O–H groups in total. The molecule has 3 aliphatic rings. The van der Waals surface area contributed by atoms with Gasteiger partial charge in [-0.25, -0.2) is 14.4 Å². The Labute approximate surface area is 256 Å². The lowest BCUT2D eigenvalue weighted by molar-refractivity contribution is -0.137. The number of nitrogens with zero attached hydrogens (tertiary/aromatic N) is 5. The second-order valence-electron chi connectivity index (χ2n) is 13.0. The van der Waals surface area contributed by atoms with Crippen molar-refractivity contribution < 1.29 is 22.4 Å². The molecule has 3 aromatic rings. The Balaban J connectivity index is 1.19.